The fourth-order valence-corrected chi connectivity index (χ4v) is 2.88. The van der Waals surface area contributed by atoms with Crippen molar-refractivity contribution >= 4 is 22.8 Å². The van der Waals surface area contributed by atoms with Crippen LogP contribution in [0.3, 0.4) is 0 Å². The summed E-state index contributed by atoms with van der Waals surface area (Å²) in [7, 11) is 0. The third-order valence-electron chi connectivity index (χ3n) is 2.87. The Kier molecular flexibility index (Phi) is 1.65. The van der Waals surface area contributed by atoms with Gasteiger partial charge in [-0.15, -0.1) is 0 Å². The van der Waals surface area contributed by atoms with Crippen LogP contribution in [-0.2, 0) is 6.54 Å². The Morgan fingerprint density at radius 3 is 2.93 bits per heavy atom. The Balaban J connectivity index is 2.39. The number of fused-ring (bicyclic) bond motifs is 3. The average Bonchev–Trinajstić information content (AvgIpc) is 2.68. The van der Waals surface area contributed by atoms with E-state index in [1.807, 2.05) is 11.8 Å². The zero-order chi connectivity index (χ0) is 9.71. The molecule has 0 unspecified atom stereocenters. The van der Waals surface area contributed by atoms with Gasteiger partial charge in [-0.05, 0) is 37.1 Å². The first kappa shape index (κ1) is 8.36. The average molecular weight is 204 g/mol. The molecule has 3 heteroatoms. The molecule has 1 aliphatic rings. The first-order valence-corrected chi connectivity index (χ1v) is 5.84. The van der Waals surface area contributed by atoms with E-state index < -0.39 is 0 Å². The van der Waals surface area contributed by atoms with E-state index in [1.54, 1.807) is 0 Å². The fraction of sp³-hybridized carbons (Fsp3) is 0.364. The van der Waals surface area contributed by atoms with Crippen molar-refractivity contribution in [2.75, 3.05) is 5.75 Å². The number of aromatic nitrogens is 2. The maximum absolute atomic E-state index is 4.62. The molecule has 2 heterocycles. The van der Waals surface area contributed by atoms with Gasteiger partial charge >= 0.3 is 0 Å². The summed E-state index contributed by atoms with van der Waals surface area (Å²) < 4.78 is 2.33. The number of thioether (sulfide) groups is 1. The maximum atomic E-state index is 4.62. The van der Waals surface area contributed by atoms with Gasteiger partial charge in [0, 0.05) is 12.3 Å². The van der Waals surface area contributed by atoms with E-state index in [1.165, 1.54) is 27.6 Å². The number of hydrogen-bond donors (Lipinski definition) is 0. The molecule has 0 atom stereocenters. The smallest absolute Gasteiger partial charge is 0.169 e. The molecule has 1 aromatic heterocycles. The lowest BCUT2D eigenvalue weighted by Crippen LogP contribution is -1.93. The van der Waals surface area contributed by atoms with Crippen molar-refractivity contribution in [1.82, 2.24) is 9.55 Å². The first-order chi connectivity index (χ1) is 6.75. The Labute approximate surface area is 87.3 Å². The summed E-state index contributed by atoms with van der Waals surface area (Å²) in [4.78, 5) is 4.62. The fourth-order valence-electron chi connectivity index (χ4n) is 1.91. The molecule has 0 amide bonds. The first-order valence-electron chi connectivity index (χ1n) is 4.86. The number of rotatable bonds is 0. The van der Waals surface area contributed by atoms with E-state index in [2.05, 4.69) is 35.5 Å². The standard InChI is InChI=1S/C11H12N2S/c1-7-5-9-10(6-8(7)2)13-3-4-14-11(13)12-9/h5-6H,3-4H2,1-2H3. The molecule has 2 aromatic rings. The van der Waals surface area contributed by atoms with Gasteiger partial charge in [0.25, 0.3) is 0 Å². The monoisotopic (exact) mass is 204 g/mol. The predicted molar refractivity (Wildman–Crippen MR) is 59.9 cm³/mol. The Morgan fingerprint density at radius 1 is 1.29 bits per heavy atom. The molecule has 3 rings (SSSR count). The highest BCUT2D eigenvalue weighted by Crippen LogP contribution is 2.30. The van der Waals surface area contributed by atoms with Gasteiger partial charge in [0.05, 0.1) is 11.0 Å². The van der Waals surface area contributed by atoms with Crippen LogP contribution in [0.25, 0.3) is 11.0 Å². The van der Waals surface area contributed by atoms with Crippen LogP contribution in [0, 0.1) is 13.8 Å². The van der Waals surface area contributed by atoms with Crippen molar-refractivity contribution in [2.45, 2.75) is 25.5 Å². The number of imidazole rings is 1. The number of aryl methyl sites for hydroxylation is 3. The molecule has 0 saturated carbocycles. The highest BCUT2D eigenvalue weighted by Gasteiger charge is 2.16. The minimum absolute atomic E-state index is 1.11. The van der Waals surface area contributed by atoms with Gasteiger partial charge < -0.3 is 4.57 Å². The largest absolute Gasteiger partial charge is 0.318 e. The van der Waals surface area contributed by atoms with Crippen molar-refractivity contribution in [2.24, 2.45) is 0 Å². The van der Waals surface area contributed by atoms with Gasteiger partial charge in [-0.1, -0.05) is 11.8 Å². The molecule has 72 valence electrons. The molecular weight excluding hydrogens is 192 g/mol. The van der Waals surface area contributed by atoms with Crippen molar-refractivity contribution in [3.8, 4) is 0 Å². The summed E-state index contributed by atoms with van der Waals surface area (Å²) in [5, 5.41) is 1.19. The van der Waals surface area contributed by atoms with Crippen molar-refractivity contribution in [3.63, 3.8) is 0 Å². The minimum Gasteiger partial charge on any atom is -0.318 e. The van der Waals surface area contributed by atoms with Gasteiger partial charge in [-0.3, -0.25) is 0 Å². The van der Waals surface area contributed by atoms with E-state index in [4.69, 9.17) is 0 Å². The van der Waals surface area contributed by atoms with Crippen molar-refractivity contribution in [3.05, 3.63) is 23.3 Å². The van der Waals surface area contributed by atoms with E-state index in [9.17, 15) is 0 Å². The Bertz CT molecular complexity index is 513. The van der Waals surface area contributed by atoms with Crippen molar-refractivity contribution in [1.29, 1.82) is 0 Å². The SMILES string of the molecule is Cc1cc2nc3n(c2cc1C)CCS3. The molecule has 14 heavy (non-hydrogen) atoms. The lowest BCUT2D eigenvalue weighted by molar-refractivity contribution is 0.743. The molecule has 0 spiro atoms. The van der Waals surface area contributed by atoms with Crippen LogP contribution in [0.2, 0.25) is 0 Å². The summed E-state index contributed by atoms with van der Waals surface area (Å²) in [6.07, 6.45) is 0. The van der Waals surface area contributed by atoms with E-state index in [0.29, 0.717) is 0 Å². The number of nitrogens with zero attached hydrogens (tertiary/aromatic N) is 2. The molecule has 1 aliphatic heterocycles. The maximum Gasteiger partial charge on any atom is 0.169 e. The summed E-state index contributed by atoms with van der Waals surface area (Å²) in [6.45, 7) is 5.42. The highest BCUT2D eigenvalue weighted by molar-refractivity contribution is 7.99. The third-order valence-corrected chi connectivity index (χ3v) is 3.83. The lowest BCUT2D eigenvalue weighted by atomic mass is 10.1. The quantitative estimate of drug-likeness (QED) is 0.656. The van der Waals surface area contributed by atoms with Crippen LogP contribution in [0.4, 0.5) is 0 Å². The van der Waals surface area contributed by atoms with Crippen LogP contribution in [0.1, 0.15) is 11.1 Å². The molecule has 0 fully saturated rings. The summed E-state index contributed by atoms with van der Waals surface area (Å²) in [5.74, 6) is 1.17. The second kappa shape index (κ2) is 2.76. The molecular formula is C11H12N2S. The predicted octanol–water partition coefficient (Wildman–Crippen LogP) is 2.76. The molecule has 0 bridgehead atoms. The van der Waals surface area contributed by atoms with Gasteiger partial charge in [-0.25, -0.2) is 4.98 Å². The van der Waals surface area contributed by atoms with Gasteiger partial charge in [0.1, 0.15) is 0 Å². The van der Waals surface area contributed by atoms with Crippen LogP contribution in [-0.4, -0.2) is 15.3 Å². The van der Waals surface area contributed by atoms with Crippen LogP contribution in [0.5, 0.6) is 0 Å². The summed E-state index contributed by atoms with van der Waals surface area (Å²) >= 11 is 1.86. The zero-order valence-corrected chi connectivity index (χ0v) is 9.19. The second-order valence-electron chi connectivity index (χ2n) is 3.82. The van der Waals surface area contributed by atoms with Gasteiger partial charge in [0.2, 0.25) is 0 Å². The molecule has 0 N–H and O–H groups in total. The highest BCUT2D eigenvalue weighted by atomic mass is 32.2. The van der Waals surface area contributed by atoms with E-state index >= 15 is 0 Å². The minimum atomic E-state index is 1.11. The van der Waals surface area contributed by atoms with Crippen LogP contribution in [0.15, 0.2) is 17.3 Å². The molecule has 1 aromatic carbocycles. The Hall–Kier alpha value is -0.960. The van der Waals surface area contributed by atoms with Crippen molar-refractivity contribution < 1.29 is 0 Å². The number of benzene rings is 1. The Morgan fingerprint density at radius 2 is 2.07 bits per heavy atom. The van der Waals surface area contributed by atoms with E-state index in [0.717, 1.165) is 12.1 Å². The second-order valence-corrected chi connectivity index (χ2v) is 4.88. The lowest BCUT2D eigenvalue weighted by Gasteiger charge is -2.01. The van der Waals surface area contributed by atoms with Gasteiger partial charge in [-0.2, -0.15) is 0 Å². The molecule has 0 radical (unpaired) electrons. The zero-order valence-electron chi connectivity index (χ0n) is 8.37. The van der Waals surface area contributed by atoms with Gasteiger partial charge in [0.15, 0.2) is 5.16 Å². The van der Waals surface area contributed by atoms with E-state index in [-0.39, 0.29) is 0 Å². The van der Waals surface area contributed by atoms with Crippen LogP contribution >= 0.6 is 11.8 Å². The topological polar surface area (TPSA) is 17.8 Å². The number of hydrogen-bond acceptors (Lipinski definition) is 2. The molecule has 0 saturated heterocycles. The normalized spacial score (nSPS) is 15.0. The third kappa shape index (κ3) is 1.02. The molecule has 2 nitrogen and oxygen atoms in total. The summed E-state index contributed by atoms with van der Waals surface area (Å²) in [6, 6.07) is 4.45. The summed E-state index contributed by atoms with van der Waals surface area (Å²) in [5.41, 5.74) is 5.14. The molecule has 0 aliphatic carbocycles. The van der Waals surface area contributed by atoms with Crippen LogP contribution < -0.4 is 0 Å².